The maximum Gasteiger partial charge on any atom is 0.0265 e. The number of rotatable bonds is 0. The normalized spacial score (nSPS) is 51.2. The quantitative estimate of drug-likeness (QED) is 0.446. The molecule has 2 saturated carbocycles. The molecule has 2 aliphatic rings. The first-order valence-electron chi connectivity index (χ1n) is 4.26. The summed E-state index contributed by atoms with van der Waals surface area (Å²) < 4.78 is 0. The lowest BCUT2D eigenvalue weighted by Gasteiger charge is -2.12. The predicted molar refractivity (Wildman–Crippen MR) is 42.4 cm³/mol. The van der Waals surface area contributed by atoms with Crippen LogP contribution in [0.3, 0.4) is 0 Å². The zero-order valence-corrected chi connectivity index (χ0v) is 6.56. The van der Waals surface area contributed by atoms with Gasteiger partial charge >= 0.3 is 0 Å². The topological polar surface area (TPSA) is 0 Å². The van der Waals surface area contributed by atoms with Crippen LogP contribution in [0.4, 0.5) is 0 Å². The summed E-state index contributed by atoms with van der Waals surface area (Å²) >= 11 is 0. The first-order chi connectivity index (χ1) is 4.79. The van der Waals surface area contributed by atoms with Gasteiger partial charge in [-0.25, -0.2) is 0 Å². The summed E-state index contributed by atoms with van der Waals surface area (Å²) in [5.74, 6) is 4.46. The fourth-order valence-electron chi connectivity index (χ4n) is 2.64. The Labute approximate surface area is 63.0 Å². The smallest absolute Gasteiger partial charge is 0.0265 e. The second-order valence-corrected chi connectivity index (χ2v) is 3.95. The minimum atomic E-state index is 0.634. The second-order valence-electron chi connectivity index (χ2n) is 3.95. The predicted octanol–water partition coefficient (Wildman–Crippen LogP) is 2.45. The van der Waals surface area contributed by atoms with E-state index in [-0.39, 0.29) is 0 Å². The third-order valence-electron chi connectivity index (χ3n) is 3.58. The van der Waals surface area contributed by atoms with E-state index in [9.17, 15) is 0 Å². The molecule has 2 fully saturated rings. The molecule has 0 saturated heterocycles. The molecule has 0 bridgehead atoms. The zero-order chi connectivity index (χ0) is 7.19. The molecule has 0 N–H and O–H groups in total. The van der Waals surface area contributed by atoms with E-state index in [4.69, 9.17) is 6.42 Å². The van der Waals surface area contributed by atoms with Gasteiger partial charge in [0.15, 0.2) is 0 Å². The minimum absolute atomic E-state index is 0.634. The van der Waals surface area contributed by atoms with Crippen LogP contribution in [0, 0.1) is 29.6 Å². The van der Waals surface area contributed by atoms with E-state index < -0.39 is 0 Å². The van der Waals surface area contributed by atoms with Gasteiger partial charge in [-0.1, -0.05) is 19.8 Å². The Morgan fingerprint density at radius 3 is 2.80 bits per heavy atom. The van der Waals surface area contributed by atoms with Crippen LogP contribution in [0.15, 0.2) is 0 Å². The van der Waals surface area contributed by atoms with Crippen LogP contribution in [-0.2, 0) is 0 Å². The van der Waals surface area contributed by atoms with Gasteiger partial charge in [-0.3, -0.25) is 0 Å². The Morgan fingerprint density at radius 1 is 1.60 bits per heavy atom. The average molecular weight is 134 g/mol. The Kier molecular flexibility index (Phi) is 1.12. The van der Waals surface area contributed by atoms with Gasteiger partial charge in [0.1, 0.15) is 0 Å². The van der Waals surface area contributed by atoms with E-state index in [0.29, 0.717) is 11.3 Å². The first-order valence-corrected chi connectivity index (χ1v) is 4.26. The van der Waals surface area contributed by atoms with Gasteiger partial charge in [-0.2, -0.15) is 0 Å². The molecule has 0 aliphatic heterocycles. The molecule has 3 unspecified atom stereocenters. The SMILES string of the molecule is C#CC1CC12CCCC2C. The molecule has 3 atom stereocenters. The molecule has 0 aromatic heterocycles. The van der Waals surface area contributed by atoms with Gasteiger partial charge in [-0.15, -0.1) is 12.3 Å². The average Bonchev–Trinajstić information content (AvgIpc) is 2.52. The van der Waals surface area contributed by atoms with E-state index in [1.807, 2.05) is 0 Å². The van der Waals surface area contributed by atoms with E-state index >= 15 is 0 Å². The molecule has 0 nitrogen and oxygen atoms in total. The van der Waals surface area contributed by atoms with Crippen molar-refractivity contribution in [2.45, 2.75) is 32.6 Å². The Bertz CT molecular complexity index is 187. The lowest BCUT2D eigenvalue weighted by atomic mass is 9.92. The molecule has 10 heavy (non-hydrogen) atoms. The molecule has 1 spiro atoms. The molecule has 0 amide bonds. The Balaban J connectivity index is 2.13. The molecule has 0 heteroatoms. The van der Waals surface area contributed by atoms with Crippen LogP contribution < -0.4 is 0 Å². The highest BCUT2D eigenvalue weighted by molar-refractivity contribution is 5.19. The van der Waals surface area contributed by atoms with Crippen molar-refractivity contribution >= 4 is 0 Å². The van der Waals surface area contributed by atoms with E-state index in [1.54, 1.807) is 0 Å². The highest BCUT2D eigenvalue weighted by Crippen LogP contribution is 2.65. The van der Waals surface area contributed by atoms with Crippen LogP contribution in [0.2, 0.25) is 0 Å². The fourth-order valence-corrected chi connectivity index (χ4v) is 2.64. The summed E-state index contributed by atoms with van der Waals surface area (Å²) in [6.45, 7) is 2.37. The van der Waals surface area contributed by atoms with Crippen molar-refractivity contribution in [3.63, 3.8) is 0 Å². The van der Waals surface area contributed by atoms with Crippen LogP contribution >= 0.6 is 0 Å². The van der Waals surface area contributed by atoms with Crippen LogP contribution in [0.1, 0.15) is 32.6 Å². The summed E-state index contributed by atoms with van der Waals surface area (Å²) in [6.07, 6.45) is 11.0. The molecule has 0 aromatic rings. The van der Waals surface area contributed by atoms with Crippen LogP contribution in [0.5, 0.6) is 0 Å². The Morgan fingerprint density at radius 2 is 2.40 bits per heavy atom. The van der Waals surface area contributed by atoms with E-state index in [1.165, 1.54) is 25.7 Å². The van der Waals surface area contributed by atoms with E-state index in [0.717, 1.165) is 5.92 Å². The molecular formula is C10H14. The summed E-state index contributed by atoms with van der Waals surface area (Å²) in [7, 11) is 0. The maximum absolute atomic E-state index is 5.40. The summed E-state index contributed by atoms with van der Waals surface area (Å²) in [4.78, 5) is 0. The van der Waals surface area contributed by atoms with Gasteiger partial charge in [-0.05, 0) is 24.2 Å². The lowest BCUT2D eigenvalue weighted by Crippen LogP contribution is -2.06. The van der Waals surface area contributed by atoms with Crippen LogP contribution in [0.25, 0.3) is 0 Å². The second kappa shape index (κ2) is 1.78. The van der Waals surface area contributed by atoms with Crippen molar-refractivity contribution in [3.05, 3.63) is 0 Å². The van der Waals surface area contributed by atoms with E-state index in [2.05, 4.69) is 12.8 Å². The highest BCUT2D eigenvalue weighted by Gasteiger charge is 2.58. The van der Waals surface area contributed by atoms with Crippen molar-refractivity contribution in [1.29, 1.82) is 0 Å². The standard InChI is InChI=1S/C10H14/c1-3-9-7-10(9)6-4-5-8(10)2/h1,8-9H,4-7H2,2H3. The fraction of sp³-hybridized carbons (Fsp3) is 0.800. The lowest BCUT2D eigenvalue weighted by molar-refractivity contribution is 0.378. The first kappa shape index (κ1) is 6.28. The molecule has 0 heterocycles. The number of hydrogen-bond acceptors (Lipinski definition) is 0. The zero-order valence-electron chi connectivity index (χ0n) is 6.56. The molecule has 0 aromatic carbocycles. The van der Waals surface area contributed by atoms with Crippen LogP contribution in [-0.4, -0.2) is 0 Å². The largest absolute Gasteiger partial charge is 0.120 e. The maximum atomic E-state index is 5.40. The molecule has 0 radical (unpaired) electrons. The third-order valence-corrected chi connectivity index (χ3v) is 3.58. The molecule has 2 rings (SSSR count). The summed E-state index contributed by atoms with van der Waals surface area (Å²) in [6, 6.07) is 0. The molecule has 2 aliphatic carbocycles. The Hall–Kier alpha value is -0.440. The van der Waals surface area contributed by atoms with Gasteiger partial charge in [0.05, 0.1) is 0 Å². The van der Waals surface area contributed by atoms with Crippen molar-refractivity contribution in [2.75, 3.05) is 0 Å². The number of hydrogen-bond donors (Lipinski definition) is 0. The number of terminal acetylenes is 1. The van der Waals surface area contributed by atoms with Gasteiger partial charge in [0.2, 0.25) is 0 Å². The van der Waals surface area contributed by atoms with Crippen molar-refractivity contribution in [3.8, 4) is 12.3 Å². The molecular weight excluding hydrogens is 120 g/mol. The monoisotopic (exact) mass is 134 g/mol. The van der Waals surface area contributed by atoms with Gasteiger partial charge in [0, 0.05) is 5.92 Å². The summed E-state index contributed by atoms with van der Waals surface area (Å²) in [5.41, 5.74) is 0.634. The molecule has 54 valence electrons. The van der Waals surface area contributed by atoms with Crippen molar-refractivity contribution < 1.29 is 0 Å². The van der Waals surface area contributed by atoms with Crippen molar-refractivity contribution in [2.24, 2.45) is 17.3 Å². The highest BCUT2D eigenvalue weighted by atomic mass is 14.6. The minimum Gasteiger partial charge on any atom is -0.120 e. The van der Waals surface area contributed by atoms with Gasteiger partial charge in [0.25, 0.3) is 0 Å². The van der Waals surface area contributed by atoms with Crippen molar-refractivity contribution in [1.82, 2.24) is 0 Å². The third kappa shape index (κ3) is 0.586. The van der Waals surface area contributed by atoms with Gasteiger partial charge < -0.3 is 0 Å². The summed E-state index contributed by atoms with van der Waals surface area (Å²) in [5, 5.41) is 0.